The predicted molar refractivity (Wildman–Crippen MR) is 86.9 cm³/mol. The van der Waals surface area contributed by atoms with Gasteiger partial charge in [-0.1, -0.05) is 48.6 Å². The fourth-order valence-electron chi connectivity index (χ4n) is 4.57. The van der Waals surface area contributed by atoms with E-state index in [-0.39, 0.29) is 5.41 Å². The molecule has 5 rings (SSSR count). The van der Waals surface area contributed by atoms with E-state index >= 15 is 0 Å². The number of hydrogen-bond acceptors (Lipinski definition) is 5. The molecule has 0 amide bonds. The molecule has 2 aliphatic carbocycles. The number of aromatic nitrogens is 5. The highest BCUT2D eigenvalue weighted by molar-refractivity contribution is 5.77. The van der Waals surface area contributed by atoms with Crippen LogP contribution in [-0.4, -0.2) is 25.0 Å². The van der Waals surface area contributed by atoms with Gasteiger partial charge in [-0.2, -0.15) is 9.50 Å². The molecule has 0 atom stereocenters. The van der Waals surface area contributed by atoms with E-state index in [1.54, 1.807) is 4.52 Å². The summed E-state index contributed by atoms with van der Waals surface area (Å²) in [5, 5.41) is 12.0. The number of rotatable bonds is 0. The summed E-state index contributed by atoms with van der Waals surface area (Å²) >= 11 is 0. The lowest BCUT2D eigenvalue weighted by Gasteiger charge is -2.42. The Morgan fingerprint density at radius 3 is 2.78 bits per heavy atom. The molecule has 1 fully saturated rings. The number of nitrogens with two attached hydrogens (primary N) is 1. The lowest BCUT2D eigenvalue weighted by molar-refractivity contribution is 0.287. The Morgan fingerprint density at radius 2 is 1.91 bits per heavy atom. The van der Waals surface area contributed by atoms with Crippen molar-refractivity contribution in [2.45, 2.75) is 43.9 Å². The maximum Gasteiger partial charge on any atom is 0.275 e. The van der Waals surface area contributed by atoms with Gasteiger partial charge in [0.1, 0.15) is 5.82 Å². The zero-order chi connectivity index (χ0) is 15.4. The summed E-state index contributed by atoms with van der Waals surface area (Å²) in [5.74, 6) is 1.07. The van der Waals surface area contributed by atoms with Crippen LogP contribution in [0.3, 0.4) is 0 Å². The third kappa shape index (κ3) is 1.69. The van der Waals surface area contributed by atoms with Gasteiger partial charge in [0.25, 0.3) is 5.78 Å². The summed E-state index contributed by atoms with van der Waals surface area (Å²) in [6, 6.07) is 8.54. The van der Waals surface area contributed by atoms with Gasteiger partial charge in [-0.3, -0.25) is 0 Å². The second-order valence-corrected chi connectivity index (χ2v) is 6.79. The second kappa shape index (κ2) is 4.50. The lowest BCUT2D eigenvalue weighted by atomic mass is 9.62. The summed E-state index contributed by atoms with van der Waals surface area (Å²) < 4.78 is 1.76. The van der Waals surface area contributed by atoms with Gasteiger partial charge in [-0.15, -0.1) is 0 Å². The molecule has 3 aromatic rings. The van der Waals surface area contributed by atoms with Crippen LogP contribution in [0.25, 0.3) is 17.0 Å². The van der Waals surface area contributed by atoms with Crippen molar-refractivity contribution in [3.63, 3.8) is 0 Å². The zero-order valence-electron chi connectivity index (χ0n) is 12.9. The van der Waals surface area contributed by atoms with Gasteiger partial charge in [0, 0.05) is 16.5 Å². The minimum absolute atomic E-state index is 0.0825. The van der Waals surface area contributed by atoms with E-state index in [1.165, 1.54) is 30.4 Å². The molecule has 6 nitrogen and oxygen atoms in total. The van der Waals surface area contributed by atoms with Crippen molar-refractivity contribution < 1.29 is 0 Å². The average Bonchev–Trinajstić information content (AvgIpc) is 3.03. The third-order valence-electron chi connectivity index (χ3n) is 5.52. The van der Waals surface area contributed by atoms with Gasteiger partial charge < -0.3 is 5.73 Å². The fourth-order valence-corrected chi connectivity index (χ4v) is 4.57. The van der Waals surface area contributed by atoms with Crippen molar-refractivity contribution >= 4 is 11.6 Å². The van der Waals surface area contributed by atoms with Crippen LogP contribution in [0, 0.1) is 0 Å². The summed E-state index contributed by atoms with van der Waals surface area (Å²) in [4.78, 5) is 4.48. The first-order chi connectivity index (χ1) is 11.3. The molecule has 0 radical (unpaired) electrons. The van der Waals surface area contributed by atoms with Gasteiger partial charge in [0.15, 0.2) is 0 Å². The normalized spacial score (nSPS) is 18.8. The van der Waals surface area contributed by atoms with E-state index in [9.17, 15) is 0 Å². The SMILES string of the molecule is Nc1nc2nnnn2c2c1C1(CCCCC1)Cc1ccccc1-2. The molecule has 2 heterocycles. The van der Waals surface area contributed by atoms with Crippen LogP contribution in [0.5, 0.6) is 0 Å². The Balaban J connectivity index is 1.91. The number of anilines is 1. The fraction of sp³-hybridized carbons (Fsp3) is 0.412. The van der Waals surface area contributed by atoms with Crippen molar-refractivity contribution in [1.82, 2.24) is 25.0 Å². The van der Waals surface area contributed by atoms with E-state index < -0.39 is 0 Å². The number of hydrogen-bond donors (Lipinski definition) is 1. The van der Waals surface area contributed by atoms with E-state index in [0.29, 0.717) is 11.6 Å². The molecule has 0 bridgehead atoms. The molecular formula is C17H18N6. The maximum absolute atomic E-state index is 6.41. The number of benzene rings is 1. The van der Waals surface area contributed by atoms with Crippen LogP contribution in [-0.2, 0) is 11.8 Å². The van der Waals surface area contributed by atoms with Crippen molar-refractivity contribution in [3.05, 3.63) is 35.4 Å². The number of nitrogen functional groups attached to an aromatic ring is 1. The lowest BCUT2D eigenvalue weighted by Crippen LogP contribution is -2.37. The molecule has 0 unspecified atom stereocenters. The highest BCUT2D eigenvalue weighted by Crippen LogP contribution is 2.51. The molecule has 0 aliphatic heterocycles. The molecule has 2 N–H and O–H groups in total. The standard InChI is InChI=1S/C17H18N6/c18-15-13-14(23-16(19-15)20-21-22-23)12-7-3-2-6-11(12)10-17(13)8-4-1-5-9-17/h2-3,6-7H,1,4-5,8-10H2,(H2,18,19,20,22). The van der Waals surface area contributed by atoms with E-state index in [4.69, 9.17) is 5.73 Å². The predicted octanol–water partition coefficient (Wildman–Crippen LogP) is 2.53. The van der Waals surface area contributed by atoms with E-state index in [1.807, 2.05) is 0 Å². The van der Waals surface area contributed by atoms with Gasteiger partial charge in [0.2, 0.25) is 0 Å². The quantitative estimate of drug-likeness (QED) is 0.690. The monoisotopic (exact) mass is 306 g/mol. The van der Waals surface area contributed by atoms with Crippen molar-refractivity contribution in [2.75, 3.05) is 5.73 Å². The highest BCUT2D eigenvalue weighted by atomic mass is 15.5. The summed E-state index contributed by atoms with van der Waals surface area (Å²) in [7, 11) is 0. The first kappa shape index (κ1) is 13.0. The first-order valence-electron chi connectivity index (χ1n) is 8.25. The Morgan fingerprint density at radius 1 is 1.09 bits per heavy atom. The van der Waals surface area contributed by atoms with Crippen LogP contribution in [0.2, 0.25) is 0 Å². The topological polar surface area (TPSA) is 82.0 Å². The molecule has 2 aliphatic rings. The number of fused-ring (bicyclic) bond motifs is 6. The Labute approximate surface area is 133 Å². The molecule has 23 heavy (non-hydrogen) atoms. The summed E-state index contributed by atoms with van der Waals surface area (Å²) in [5.41, 5.74) is 11.2. The van der Waals surface area contributed by atoms with Crippen molar-refractivity contribution in [2.24, 2.45) is 0 Å². The molecule has 6 heteroatoms. The van der Waals surface area contributed by atoms with Gasteiger partial charge in [0.05, 0.1) is 5.69 Å². The minimum Gasteiger partial charge on any atom is -0.383 e. The summed E-state index contributed by atoms with van der Waals surface area (Å²) in [6.45, 7) is 0. The first-order valence-corrected chi connectivity index (χ1v) is 8.25. The van der Waals surface area contributed by atoms with Gasteiger partial charge in [-0.05, 0) is 35.3 Å². The smallest absolute Gasteiger partial charge is 0.275 e. The largest absolute Gasteiger partial charge is 0.383 e. The van der Waals surface area contributed by atoms with Gasteiger partial charge in [-0.25, -0.2) is 0 Å². The van der Waals surface area contributed by atoms with E-state index in [2.05, 4.69) is 44.8 Å². The minimum atomic E-state index is 0.0825. The summed E-state index contributed by atoms with van der Waals surface area (Å²) in [6.07, 6.45) is 7.15. The Bertz CT molecular complexity index is 907. The Kier molecular flexibility index (Phi) is 2.54. The van der Waals surface area contributed by atoms with Crippen LogP contribution in [0.4, 0.5) is 5.82 Å². The zero-order valence-corrected chi connectivity index (χ0v) is 12.9. The molecule has 116 valence electrons. The van der Waals surface area contributed by atoms with Crippen molar-refractivity contribution in [3.8, 4) is 11.3 Å². The maximum atomic E-state index is 6.41. The van der Waals surface area contributed by atoms with Crippen LogP contribution < -0.4 is 5.73 Å². The average molecular weight is 306 g/mol. The second-order valence-electron chi connectivity index (χ2n) is 6.79. The van der Waals surface area contributed by atoms with E-state index in [0.717, 1.165) is 30.5 Å². The van der Waals surface area contributed by atoms with Crippen molar-refractivity contribution in [1.29, 1.82) is 0 Å². The number of nitrogens with zero attached hydrogens (tertiary/aromatic N) is 5. The Hall–Kier alpha value is -2.50. The molecule has 2 aromatic heterocycles. The van der Waals surface area contributed by atoms with Crippen LogP contribution in [0.15, 0.2) is 24.3 Å². The van der Waals surface area contributed by atoms with Crippen LogP contribution in [0.1, 0.15) is 43.2 Å². The molecule has 1 saturated carbocycles. The molecular weight excluding hydrogens is 288 g/mol. The van der Waals surface area contributed by atoms with Gasteiger partial charge >= 0.3 is 0 Å². The molecule has 1 aromatic carbocycles. The van der Waals surface area contributed by atoms with Crippen LogP contribution >= 0.6 is 0 Å². The number of tetrazole rings is 1. The third-order valence-corrected chi connectivity index (χ3v) is 5.52. The highest BCUT2D eigenvalue weighted by Gasteiger charge is 2.43. The molecule has 1 spiro atoms. The molecule has 0 saturated heterocycles.